The zero-order valence-corrected chi connectivity index (χ0v) is 36.4. The van der Waals surface area contributed by atoms with E-state index in [0.29, 0.717) is 52.5 Å². The van der Waals surface area contributed by atoms with Crippen molar-refractivity contribution in [1.29, 1.82) is 0 Å². The van der Waals surface area contributed by atoms with Gasteiger partial charge in [-0.25, -0.2) is 0 Å². The van der Waals surface area contributed by atoms with Crippen molar-refractivity contribution < 1.29 is 47.1 Å². The SMILES string of the molecule is COC(=O)C[C@@H]1O[C@@H]2C[C@H](OCc3ccccc3)[C@@H](COCc3ccccc3)O[C@@]2(C)[C@H](OCc2ccccc2)C[C@H]1O[C@H]1C=CCO[C@@H]1CO[Si](C)(C)C(C)(C)C. The largest absolute Gasteiger partial charge is 0.469 e. The van der Waals surface area contributed by atoms with Crippen molar-refractivity contribution in [1.82, 2.24) is 0 Å². The third kappa shape index (κ3) is 11.7. The van der Waals surface area contributed by atoms with E-state index in [-0.39, 0.29) is 23.7 Å². The van der Waals surface area contributed by atoms with Gasteiger partial charge in [0.1, 0.15) is 23.9 Å². The Morgan fingerprint density at radius 2 is 1.38 bits per heavy atom. The Morgan fingerprint density at radius 1 is 0.776 bits per heavy atom. The van der Waals surface area contributed by atoms with Gasteiger partial charge in [0.25, 0.3) is 0 Å². The molecule has 316 valence electrons. The normalized spacial score (nSPS) is 29.0. The molecular formula is C47H64O10Si. The van der Waals surface area contributed by atoms with Crippen molar-refractivity contribution in [3.63, 3.8) is 0 Å². The van der Waals surface area contributed by atoms with Gasteiger partial charge in [-0.15, -0.1) is 0 Å². The molecule has 0 aromatic heterocycles. The first-order valence-electron chi connectivity index (χ1n) is 20.7. The summed E-state index contributed by atoms with van der Waals surface area (Å²) < 4.78 is 59.4. The molecule has 3 aromatic carbocycles. The van der Waals surface area contributed by atoms with Crippen LogP contribution in [0.15, 0.2) is 103 Å². The Hall–Kier alpha value is -3.23. The van der Waals surface area contributed by atoms with Crippen LogP contribution in [-0.4, -0.2) is 95.6 Å². The third-order valence-electron chi connectivity index (χ3n) is 12.2. The lowest BCUT2D eigenvalue weighted by atomic mass is 9.82. The second-order valence-corrected chi connectivity index (χ2v) is 22.2. The molecule has 0 saturated carbocycles. The zero-order chi connectivity index (χ0) is 41.2. The average molecular weight is 817 g/mol. The van der Waals surface area contributed by atoms with E-state index in [1.165, 1.54) is 7.11 Å². The minimum absolute atomic E-state index is 0.0132. The molecule has 2 fully saturated rings. The molecule has 3 aliphatic rings. The molecule has 0 radical (unpaired) electrons. The topological polar surface area (TPSA) is 100 Å². The van der Waals surface area contributed by atoms with Crippen LogP contribution in [0.2, 0.25) is 18.1 Å². The van der Waals surface area contributed by atoms with Crippen molar-refractivity contribution >= 4 is 14.3 Å². The molecule has 11 heteroatoms. The lowest BCUT2D eigenvalue weighted by Gasteiger charge is -2.50. The summed E-state index contributed by atoms with van der Waals surface area (Å²) in [5.41, 5.74) is 2.19. The quantitative estimate of drug-likeness (QED) is 0.0751. The lowest BCUT2D eigenvalue weighted by Crippen LogP contribution is -2.62. The summed E-state index contributed by atoms with van der Waals surface area (Å²) in [6.07, 6.45) is 0.949. The van der Waals surface area contributed by atoms with Gasteiger partial charge in [-0.05, 0) is 41.7 Å². The maximum atomic E-state index is 13.1. The van der Waals surface area contributed by atoms with Gasteiger partial charge in [0.2, 0.25) is 0 Å². The number of carbonyl (C=O) groups is 1. The number of esters is 1. The Labute approximate surface area is 346 Å². The smallest absolute Gasteiger partial charge is 0.308 e. The summed E-state index contributed by atoms with van der Waals surface area (Å²) in [6, 6.07) is 30.3. The Kier molecular flexibility index (Phi) is 15.6. The molecule has 6 rings (SSSR count). The van der Waals surface area contributed by atoms with E-state index >= 15 is 0 Å². The number of hydrogen-bond acceptors (Lipinski definition) is 10. The highest BCUT2D eigenvalue weighted by molar-refractivity contribution is 6.74. The molecule has 0 bridgehead atoms. The van der Waals surface area contributed by atoms with Crippen molar-refractivity contribution in [2.75, 3.05) is 26.9 Å². The van der Waals surface area contributed by atoms with Gasteiger partial charge in [0, 0.05) is 12.8 Å². The number of rotatable bonds is 17. The summed E-state index contributed by atoms with van der Waals surface area (Å²) in [7, 11) is -0.683. The van der Waals surface area contributed by atoms with Gasteiger partial charge in [0.15, 0.2) is 8.32 Å². The van der Waals surface area contributed by atoms with Gasteiger partial charge in [-0.3, -0.25) is 4.79 Å². The fourth-order valence-corrected chi connectivity index (χ4v) is 8.57. The molecule has 0 unspecified atom stereocenters. The third-order valence-corrected chi connectivity index (χ3v) is 16.7. The van der Waals surface area contributed by atoms with E-state index in [0.717, 1.165) is 16.7 Å². The van der Waals surface area contributed by atoms with Crippen molar-refractivity contribution in [2.45, 2.75) is 139 Å². The molecule has 9 atom stereocenters. The molecular weight excluding hydrogens is 753 g/mol. The van der Waals surface area contributed by atoms with Gasteiger partial charge in [0.05, 0.1) is 83.7 Å². The second-order valence-electron chi connectivity index (χ2n) is 17.4. The van der Waals surface area contributed by atoms with Crippen LogP contribution >= 0.6 is 0 Å². The van der Waals surface area contributed by atoms with Crippen LogP contribution in [0.3, 0.4) is 0 Å². The van der Waals surface area contributed by atoms with Crippen LogP contribution in [0.5, 0.6) is 0 Å². The summed E-state index contributed by atoms with van der Waals surface area (Å²) in [5.74, 6) is -0.391. The molecule has 3 aromatic rings. The first-order valence-corrected chi connectivity index (χ1v) is 23.7. The Morgan fingerprint density at radius 3 is 1.98 bits per heavy atom. The minimum Gasteiger partial charge on any atom is -0.469 e. The number of benzene rings is 3. The van der Waals surface area contributed by atoms with Crippen LogP contribution in [0.25, 0.3) is 0 Å². The lowest BCUT2D eigenvalue weighted by molar-refractivity contribution is -0.284. The van der Waals surface area contributed by atoms with Gasteiger partial charge in [-0.2, -0.15) is 0 Å². The fraction of sp³-hybridized carbons (Fsp3) is 0.553. The number of methoxy groups -OCH3 is 1. The summed E-state index contributed by atoms with van der Waals surface area (Å²) in [4.78, 5) is 13.1. The van der Waals surface area contributed by atoms with Crippen LogP contribution in [0, 0.1) is 0 Å². The zero-order valence-electron chi connectivity index (χ0n) is 35.4. The van der Waals surface area contributed by atoms with Gasteiger partial charge < -0.3 is 42.3 Å². The molecule has 3 heterocycles. The predicted molar refractivity (Wildman–Crippen MR) is 225 cm³/mol. The summed E-state index contributed by atoms with van der Waals surface area (Å²) in [5, 5.41) is 0.0385. The summed E-state index contributed by atoms with van der Waals surface area (Å²) >= 11 is 0. The number of carbonyl (C=O) groups excluding carboxylic acids is 1. The van der Waals surface area contributed by atoms with Crippen LogP contribution in [0.4, 0.5) is 0 Å². The minimum atomic E-state index is -2.08. The molecule has 3 aliphatic heterocycles. The van der Waals surface area contributed by atoms with Crippen LogP contribution in [0.1, 0.15) is 63.6 Å². The fourth-order valence-electron chi connectivity index (χ4n) is 7.55. The highest BCUT2D eigenvalue weighted by Crippen LogP contribution is 2.44. The Balaban J connectivity index is 1.30. The van der Waals surface area contributed by atoms with E-state index in [4.69, 9.17) is 42.3 Å². The van der Waals surface area contributed by atoms with Crippen LogP contribution < -0.4 is 0 Å². The van der Waals surface area contributed by atoms with Gasteiger partial charge >= 0.3 is 5.97 Å². The number of ether oxygens (including phenoxy) is 8. The first-order chi connectivity index (χ1) is 27.8. The maximum Gasteiger partial charge on any atom is 0.308 e. The molecule has 0 N–H and O–H groups in total. The van der Waals surface area contributed by atoms with Crippen molar-refractivity contribution in [3.05, 3.63) is 120 Å². The molecule has 58 heavy (non-hydrogen) atoms. The summed E-state index contributed by atoms with van der Waals surface area (Å²) in [6.45, 7) is 15.5. The highest BCUT2D eigenvalue weighted by atomic mass is 28.4. The van der Waals surface area contributed by atoms with Crippen molar-refractivity contribution in [3.8, 4) is 0 Å². The maximum absolute atomic E-state index is 13.1. The van der Waals surface area contributed by atoms with E-state index in [9.17, 15) is 4.79 Å². The van der Waals surface area contributed by atoms with E-state index in [1.54, 1.807) is 0 Å². The molecule has 2 saturated heterocycles. The van der Waals surface area contributed by atoms with E-state index < -0.39 is 56.5 Å². The predicted octanol–water partition coefficient (Wildman–Crippen LogP) is 8.37. The first kappa shape index (κ1) is 44.3. The number of fused-ring (bicyclic) bond motifs is 1. The second kappa shape index (κ2) is 20.4. The standard InChI is InChI=1S/C47H64O10Si/c1-46(2,3)58(6,7)54-33-41-37(24-17-25-51-41)55-39-27-43(53-31-36-22-15-10-16-23-36)47(4)44(56-40(39)28-45(48)49-5)26-38(52-30-35-20-13-9-14-21-35)42(57-47)32-50-29-34-18-11-8-12-19-34/h8-24,37-44H,25-33H2,1-7H3/t37-,38-,39+,40-,41+,42+,43+,44+,47-/m0/s1. The average Bonchev–Trinajstić information content (AvgIpc) is 3.32. The number of hydrogen-bond donors (Lipinski definition) is 0. The van der Waals surface area contributed by atoms with E-state index in [1.807, 2.05) is 103 Å². The molecule has 0 aliphatic carbocycles. The van der Waals surface area contributed by atoms with Gasteiger partial charge in [-0.1, -0.05) is 124 Å². The molecule has 10 nitrogen and oxygen atoms in total. The molecule has 0 amide bonds. The van der Waals surface area contributed by atoms with E-state index in [2.05, 4.69) is 40.8 Å². The molecule has 0 spiro atoms. The van der Waals surface area contributed by atoms with Crippen LogP contribution in [-0.2, 0) is 66.9 Å². The Bertz CT molecular complexity index is 1720. The monoisotopic (exact) mass is 816 g/mol. The highest BCUT2D eigenvalue weighted by Gasteiger charge is 2.57. The van der Waals surface area contributed by atoms with Crippen molar-refractivity contribution in [2.24, 2.45) is 0 Å².